The van der Waals surface area contributed by atoms with E-state index >= 15 is 0 Å². The van der Waals surface area contributed by atoms with Gasteiger partial charge in [-0.3, -0.25) is 0 Å². The Labute approximate surface area is 110 Å². The molecule has 1 aliphatic carbocycles. The van der Waals surface area contributed by atoms with E-state index in [9.17, 15) is 4.39 Å². The molecular formula is C16H24FN. The molecule has 100 valence electrons. The first-order chi connectivity index (χ1) is 8.65. The van der Waals surface area contributed by atoms with Gasteiger partial charge in [-0.25, -0.2) is 4.39 Å². The van der Waals surface area contributed by atoms with E-state index in [-0.39, 0.29) is 5.82 Å². The summed E-state index contributed by atoms with van der Waals surface area (Å²) in [4.78, 5) is 0. The molecule has 2 atom stereocenters. The molecule has 1 nitrogen and oxygen atoms in total. The van der Waals surface area contributed by atoms with Crippen LogP contribution in [0.1, 0.15) is 50.2 Å². The van der Waals surface area contributed by atoms with Crippen molar-refractivity contribution >= 4 is 0 Å². The minimum atomic E-state index is -0.139. The Morgan fingerprint density at radius 2 is 2.06 bits per heavy atom. The van der Waals surface area contributed by atoms with Crippen molar-refractivity contribution in [2.75, 3.05) is 0 Å². The summed E-state index contributed by atoms with van der Waals surface area (Å²) >= 11 is 0. The van der Waals surface area contributed by atoms with E-state index in [0.29, 0.717) is 6.04 Å². The third-order valence-corrected chi connectivity index (χ3v) is 4.14. The second-order valence-corrected chi connectivity index (χ2v) is 5.76. The van der Waals surface area contributed by atoms with E-state index < -0.39 is 0 Å². The molecule has 1 saturated carbocycles. The quantitative estimate of drug-likeness (QED) is 0.792. The highest BCUT2D eigenvalue weighted by atomic mass is 19.1. The molecule has 0 saturated heterocycles. The summed E-state index contributed by atoms with van der Waals surface area (Å²) in [5, 5.41) is 3.64. The Morgan fingerprint density at radius 1 is 1.22 bits per heavy atom. The minimum Gasteiger partial charge on any atom is -0.310 e. The zero-order chi connectivity index (χ0) is 13.0. The van der Waals surface area contributed by atoms with Crippen LogP contribution in [0.15, 0.2) is 18.2 Å². The molecule has 0 aliphatic heterocycles. The third-order valence-electron chi connectivity index (χ3n) is 4.14. The Hall–Kier alpha value is -0.890. The molecule has 0 heterocycles. The largest absolute Gasteiger partial charge is 0.310 e. The second kappa shape index (κ2) is 6.33. The van der Waals surface area contributed by atoms with Crippen molar-refractivity contribution in [1.29, 1.82) is 0 Å². The zero-order valence-electron chi connectivity index (χ0n) is 11.5. The smallest absolute Gasteiger partial charge is 0.123 e. The monoisotopic (exact) mass is 249 g/mol. The van der Waals surface area contributed by atoms with E-state index in [2.05, 4.69) is 12.2 Å². The van der Waals surface area contributed by atoms with Gasteiger partial charge in [-0.2, -0.15) is 0 Å². The Morgan fingerprint density at radius 3 is 2.83 bits per heavy atom. The first-order valence-electron chi connectivity index (χ1n) is 7.13. The average molecular weight is 249 g/mol. The van der Waals surface area contributed by atoms with Crippen molar-refractivity contribution in [1.82, 2.24) is 5.32 Å². The van der Waals surface area contributed by atoms with Gasteiger partial charge in [-0.05, 0) is 55.4 Å². The van der Waals surface area contributed by atoms with Crippen LogP contribution in [0.25, 0.3) is 0 Å². The van der Waals surface area contributed by atoms with Gasteiger partial charge >= 0.3 is 0 Å². The lowest BCUT2D eigenvalue weighted by molar-refractivity contribution is 0.446. The standard InChI is InChI=1S/C16H24FN/c1-12-4-3-5-16(9-6-12)18-11-14-7-8-15(17)10-13(14)2/h7-8,10,12,16,18H,3-6,9,11H2,1-2H3. The van der Waals surface area contributed by atoms with Crippen LogP contribution in [0.3, 0.4) is 0 Å². The maximum Gasteiger partial charge on any atom is 0.123 e. The van der Waals surface area contributed by atoms with Crippen LogP contribution in [0.2, 0.25) is 0 Å². The number of nitrogens with one attached hydrogen (secondary N) is 1. The fourth-order valence-corrected chi connectivity index (χ4v) is 2.80. The molecule has 0 bridgehead atoms. The third kappa shape index (κ3) is 3.81. The van der Waals surface area contributed by atoms with Crippen LogP contribution in [0.4, 0.5) is 4.39 Å². The highest BCUT2D eigenvalue weighted by Crippen LogP contribution is 2.23. The number of halogens is 1. The molecule has 0 radical (unpaired) electrons. The molecule has 18 heavy (non-hydrogen) atoms. The van der Waals surface area contributed by atoms with E-state index in [1.54, 1.807) is 12.1 Å². The molecule has 1 aliphatic rings. The zero-order valence-corrected chi connectivity index (χ0v) is 11.5. The second-order valence-electron chi connectivity index (χ2n) is 5.76. The van der Waals surface area contributed by atoms with Crippen LogP contribution in [0.5, 0.6) is 0 Å². The van der Waals surface area contributed by atoms with Gasteiger partial charge in [-0.15, -0.1) is 0 Å². The Bertz CT molecular complexity index is 389. The average Bonchev–Trinajstić information content (AvgIpc) is 2.53. The number of rotatable bonds is 3. The fraction of sp³-hybridized carbons (Fsp3) is 0.625. The van der Waals surface area contributed by atoms with E-state index in [1.807, 2.05) is 13.0 Å². The van der Waals surface area contributed by atoms with Gasteiger partial charge in [0.05, 0.1) is 0 Å². The van der Waals surface area contributed by atoms with Gasteiger partial charge in [0.25, 0.3) is 0 Å². The molecule has 0 amide bonds. The van der Waals surface area contributed by atoms with Crippen molar-refractivity contribution in [3.8, 4) is 0 Å². The summed E-state index contributed by atoms with van der Waals surface area (Å²) in [6.45, 7) is 5.20. The SMILES string of the molecule is Cc1cc(F)ccc1CNC1CCCC(C)CC1. The summed E-state index contributed by atoms with van der Waals surface area (Å²) in [6.07, 6.45) is 6.60. The van der Waals surface area contributed by atoms with Crippen molar-refractivity contribution in [2.24, 2.45) is 5.92 Å². The molecule has 0 aromatic heterocycles. The van der Waals surface area contributed by atoms with Gasteiger partial charge < -0.3 is 5.32 Å². The lowest BCUT2D eigenvalue weighted by Gasteiger charge is -2.17. The van der Waals surface area contributed by atoms with Gasteiger partial charge in [0.15, 0.2) is 0 Å². The maximum absolute atomic E-state index is 13.0. The molecular weight excluding hydrogens is 225 g/mol. The summed E-state index contributed by atoms with van der Waals surface area (Å²) in [7, 11) is 0. The molecule has 1 aromatic carbocycles. The van der Waals surface area contributed by atoms with Crippen molar-refractivity contribution in [2.45, 2.75) is 58.5 Å². The van der Waals surface area contributed by atoms with Crippen LogP contribution in [-0.4, -0.2) is 6.04 Å². The molecule has 2 unspecified atom stereocenters. The van der Waals surface area contributed by atoms with E-state index in [1.165, 1.54) is 37.7 Å². The summed E-state index contributed by atoms with van der Waals surface area (Å²) in [5.41, 5.74) is 2.26. The normalized spacial score (nSPS) is 24.8. The minimum absolute atomic E-state index is 0.139. The number of benzene rings is 1. The molecule has 1 N–H and O–H groups in total. The van der Waals surface area contributed by atoms with Gasteiger partial charge in [0.2, 0.25) is 0 Å². The van der Waals surface area contributed by atoms with Crippen LogP contribution < -0.4 is 5.32 Å². The topological polar surface area (TPSA) is 12.0 Å². The first-order valence-corrected chi connectivity index (χ1v) is 7.13. The molecule has 0 spiro atoms. The van der Waals surface area contributed by atoms with Crippen LogP contribution >= 0.6 is 0 Å². The Balaban J connectivity index is 1.87. The van der Waals surface area contributed by atoms with Gasteiger partial charge in [0.1, 0.15) is 5.82 Å². The maximum atomic E-state index is 13.0. The molecule has 1 fully saturated rings. The molecule has 2 heteroatoms. The molecule has 2 rings (SSSR count). The first kappa shape index (κ1) is 13.5. The van der Waals surface area contributed by atoms with Gasteiger partial charge in [0, 0.05) is 12.6 Å². The Kier molecular flexibility index (Phi) is 4.76. The van der Waals surface area contributed by atoms with Crippen molar-refractivity contribution < 1.29 is 4.39 Å². The van der Waals surface area contributed by atoms with Crippen molar-refractivity contribution in [3.05, 3.63) is 35.1 Å². The fourth-order valence-electron chi connectivity index (χ4n) is 2.80. The number of hydrogen-bond donors (Lipinski definition) is 1. The summed E-state index contributed by atoms with van der Waals surface area (Å²) in [5.74, 6) is 0.740. The highest BCUT2D eigenvalue weighted by molar-refractivity contribution is 5.26. The number of aryl methyl sites for hydroxylation is 1. The highest BCUT2D eigenvalue weighted by Gasteiger charge is 2.15. The summed E-state index contributed by atoms with van der Waals surface area (Å²) < 4.78 is 13.0. The van der Waals surface area contributed by atoms with Crippen LogP contribution in [0, 0.1) is 18.7 Å². The number of hydrogen-bond acceptors (Lipinski definition) is 1. The predicted molar refractivity (Wildman–Crippen MR) is 74.0 cm³/mol. The van der Waals surface area contributed by atoms with Crippen LogP contribution in [-0.2, 0) is 6.54 Å². The molecule has 1 aromatic rings. The predicted octanol–water partition coefficient (Wildman–Crippen LogP) is 4.19. The van der Waals surface area contributed by atoms with E-state index in [0.717, 1.165) is 18.0 Å². The van der Waals surface area contributed by atoms with Crippen molar-refractivity contribution in [3.63, 3.8) is 0 Å². The van der Waals surface area contributed by atoms with Gasteiger partial charge in [-0.1, -0.05) is 25.8 Å². The lowest BCUT2D eigenvalue weighted by Crippen LogP contribution is -2.28. The lowest BCUT2D eigenvalue weighted by atomic mass is 10.0. The van der Waals surface area contributed by atoms with E-state index in [4.69, 9.17) is 0 Å². The summed E-state index contributed by atoms with van der Waals surface area (Å²) in [6, 6.07) is 5.71.